The molecule has 2 bridgehead atoms. The van der Waals surface area contributed by atoms with Gasteiger partial charge in [-0.1, -0.05) is 18.0 Å². The van der Waals surface area contributed by atoms with E-state index >= 15 is 0 Å². The first-order valence-electron chi connectivity index (χ1n) is 9.48. The minimum absolute atomic E-state index is 0.0271. The van der Waals surface area contributed by atoms with Gasteiger partial charge in [0.2, 0.25) is 5.91 Å². The molecule has 1 aromatic rings. The Morgan fingerprint density at radius 1 is 1.19 bits per heavy atom. The Morgan fingerprint density at radius 3 is 2.58 bits per heavy atom. The number of nitro groups is 1. The number of fused-ring (bicyclic) bond motifs is 2. The van der Waals surface area contributed by atoms with Gasteiger partial charge in [-0.05, 0) is 49.1 Å². The quantitative estimate of drug-likeness (QED) is 0.592. The normalized spacial score (nSPS) is 27.8. The lowest BCUT2D eigenvalue weighted by molar-refractivity contribution is -0.384. The van der Waals surface area contributed by atoms with E-state index in [2.05, 4.69) is 0 Å². The van der Waals surface area contributed by atoms with Crippen LogP contribution in [0.2, 0.25) is 5.02 Å². The summed E-state index contributed by atoms with van der Waals surface area (Å²) in [5, 5.41) is 11.7. The van der Waals surface area contributed by atoms with Crippen LogP contribution in [-0.4, -0.2) is 41.9 Å². The summed E-state index contributed by atoms with van der Waals surface area (Å²) >= 11 is 5.90. The Hall–Kier alpha value is -1.82. The van der Waals surface area contributed by atoms with Crippen molar-refractivity contribution in [2.24, 2.45) is 17.8 Å². The lowest BCUT2D eigenvalue weighted by Gasteiger charge is -2.36. The van der Waals surface area contributed by atoms with E-state index in [0.29, 0.717) is 49.2 Å². The highest BCUT2D eigenvalue weighted by atomic mass is 35.5. The maximum absolute atomic E-state index is 12.7. The number of rotatable bonds is 4. The largest absolute Gasteiger partial charge is 0.362 e. The second kappa shape index (κ2) is 7.06. The lowest BCUT2D eigenvalue weighted by atomic mass is 9.86. The van der Waals surface area contributed by atoms with Gasteiger partial charge in [0, 0.05) is 43.7 Å². The van der Waals surface area contributed by atoms with Gasteiger partial charge in [-0.25, -0.2) is 0 Å². The SMILES string of the molecule is O=C(C[C@H]1C[C@H]2CC[C@H]1C2)N1CCN(c2ccc(Cl)cc2[N+](=O)[O-])CC1. The van der Waals surface area contributed by atoms with Gasteiger partial charge in [0.25, 0.3) is 5.69 Å². The molecule has 140 valence electrons. The number of benzene rings is 1. The van der Waals surface area contributed by atoms with Gasteiger partial charge in [0.15, 0.2) is 0 Å². The molecule has 0 radical (unpaired) electrons. The summed E-state index contributed by atoms with van der Waals surface area (Å²) in [6.45, 7) is 2.48. The van der Waals surface area contributed by atoms with Crippen molar-refractivity contribution in [1.29, 1.82) is 0 Å². The first-order valence-corrected chi connectivity index (χ1v) is 9.85. The average molecular weight is 378 g/mol. The number of carbonyl (C=O) groups is 1. The zero-order valence-electron chi connectivity index (χ0n) is 14.8. The van der Waals surface area contributed by atoms with E-state index in [1.54, 1.807) is 12.1 Å². The second-order valence-electron chi connectivity index (χ2n) is 7.90. The Balaban J connectivity index is 1.35. The Morgan fingerprint density at radius 2 is 1.96 bits per heavy atom. The third-order valence-electron chi connectivity index (χ3n) is 6.43. The minimum atomic E-state index is -0.395. The molecule has 6 nitrogen and oxygen atoms in total. The maximum atomic E-state index is 12.7. The first kappa shape index (κ1) is 17.6. The van der Waals surface area contributed by atoms with Gasteiger partial charge < -0.3 is 9.80 Å². The average Bonchev–Trinajstić information content (AvgIpc) is 3.25. The van der Waals surface area contributed by atoms with E-state index in [9.17, 15) is 14.9 Å². The fraction of sp³-hybridized carbons (Fsp3) is 0.632. The summed E-state index contributed by atoms with van der Waals surface area (Å²) in [5.74, 6) is 2.46. The molecule has 1 amide bonds. The van der Waals surface area contributed by atoms with Crippen molar-refractivity contribution in [3.05, 3.63) is 33.3 Å². The molecule has 3 aliphatic rings. The van der Waals surface area contributed by atoms with Crippen molar-refractivity contribution < 1.29 is 9.72 Å². The van der Waals surface area contributed by atoms with Gasteiger partial charge in [-0.3, -0.25) is 14.9 Å². The summed E-state index contributed by atoms with van der Waals surface area (Å²) in [6, 6.07) is 4.77. The van der Waals surface area contributed by atoms with Crippen LogP contribution in [0.15, 0.2) is 18.2 Å². The molecule has 3 fully saturated rings. The van der Waals surface area contributed by atoms with Crippen LogP contribution in [0, 0.1) is 27.9 Å². The molecule has 0 spiro atoms. The van der Waals surface area contributed by atoms with Crippen LogP contribution in [0.5, 0.6) is 0 Å². The van der Waals surface area contributed by atoms with Crippen molar-refractivity contribution in [3.63, 3.8) is 0 Å². The Kier molecular flexibility index (Phi) is 4.78. The molecule has 1 saturated heterocycles. The lowest BCUT2D eigenvalue weighted by Crippen LogP contribution is -2.49. The molecule has 4 rings (SSSR count). The highest BCUT2D eigenvalue weighted by Crippen LogP contribution is 2.49. The molecule has 0 unspecified atom stereocenters. The van der Waals surface area contributed by atoms with Crippen molar-refractivity contribution in [2.45, 2.75) is 32.1 Å². The van der Waals surface area contributed by atoms with Crippen LogP contribution in [0.25, 0.3) is 0 Å². The van der Waals surface area contributed by atoms with Crippen LogP contribution in [0.1, 0.15) is 32.1 Å². The molecule has 7 heteroatoms. The number of amides is 1. The molecule has 1 heterocycles. The number of halogens is 1. The molecule has 2 saturated carbocycles. The molecule has 1 aliphatic heterocycles. The van der Waals surface area contributed by atoms with Crippen molar-refractivity contribution in [1.82, 2.24) is 4.90 Å². The molecule has 0 aromatic heterocycles. The van der Waals surface area contributed by atoms with Gasteiger partial charge in [0.1, 0.15) is 5.69 Å². The highest BCUT2D eigenvalue weighted by molar-refractivity contribution is 6.30. The van der Waals surface area contributed by atoms with Crippen molar-refractivity contribution in [2.75, 3.05) is 31.1 Å². The number of anilines is 1. The van der Waals surface area contributed by atoms with Crippen LogP contribution in [0.4, 0.5) is 11.4 Å². The summed E-state index contributed by atoms with van der Waals surface area (Å²) in [6.07, 6.45) is 5.89. The van der Waals surface area contributed by atoms with E-state index in [1.165, 1.54) is 31.7 Å². The van der Waals surface area contributed by atoms with Gasteiger partial charge in [-0.2, -0.15) is 0 Å². The van der Waals surface area contributed by atoms with E-state index in [1.807, 2.05) is 9.80 Å². The van der Waals surface area contributed by atoms with E-state index in [-0.39, 0.29) is 11.6 Å². The number of nitro benzene ring substituents is 1. The summed E-state index contributed by atoms with van der Waals surface area (Å²) in [4.78, 5) is 27.5. The topological polar surface area (TPSA) is 66.7 Å². The van der Waals surface area contributed by atoms with Crippen molar-refractivity contribution >= 4 is 28.9 Å². The van der Waals surface area contributed by atoms with E-state index in [4.69, 9.17) is 11.6 Å². The predicted octanol–water partition coefficient (Wildman–Crippen LogP) is 3.72. The highest BCUT2D eigenvalue weighted by Gasteiger charge is 2.40. The zero-order chi connectivity index (χ0) is 18.3. The minimum Gasteiger partial charge on any atom is -0.362 e. The predicted molar refractivity (Wildman–Crippen MR) is 100 cm³/mol. The third kappa shape index (κ3) is 3.39. The van der Waals surface area contributed by atoms with Crippen LogP contribution in [-0.2, 0) is 4.79 Å². The fourth-order valence-electron chi connectivity index (χ4n) is 5.09. The van der Waals surface area contributed by atoms with Crippen LogP contribution < -0.4 is 4.90 Å². The van der Waals surface area contributed by atoms with Gasteiger partial charge >= 0.3 is 0 Å². The molecule has 0 N–H and O–H groups in total. The third-order valence-corrected chi connectivity index (χ3v) is 6.66. The molecule has 3 atom stereocenters. The Bertz CT molecular complexity index is 718. The summed E-state index contributed by atoms with van der Waals surface area (Å²) < 4.78 is 0. The zero-order valence-corrected chi connectivity index (χ0v) is 15.5. The number of piperazine rings is 1. The number of nitrogens with zero attached hydrogens (tertiary/aromatic N) is 3. The second-order valence-corrected chi connectivity index (χ2v) is 8.33. The number of carbonyl (C=O) groups excluding carboxylic acids is 1. The molecule has 2 aliphatic carbocycles. The first-order chi connectivity index (χ1) is 12.5. The standard InChI is InChI=1S/C19H24ClN3O3/c20-16-3-4-17(18(12-16)23(25)26)21-5-7-22(8-6-21)19(24)11-15-10-13-1-2-14(15)9-13/h3-4,12-15H,1-2,5-11H2/t13-,14-,15+/m0/s1. The van der Waals surface area contributed by atoms with Gasteiger partial charge in [0.05, 0.1) is 4.92 Å². The molecule has 26 heavy (non-hydrogen) atoms. The molecular formula is C19H24ClN3O3. The summed E-state index contributed by atoms with van der Waals surface area (Å²) in [5.41, 5.74) is 0.610. The molecule has 1 aromatic carbocycles. The van der Waals surface area contributed by atoms with Crippen molar-refractivity contribution in [3.8, 4) is 0 Å². The fourth-order valence-corrected chi connectivity index (χ4v) is 5.25. The summed E-state index contributed by atoms with van der Waals surface area (Å²) in [7, 11) is 0. The van der Waals surface area contributed by atoms with E-state index in [0.717, 1.165) is 11.8 Å². The smallest absolute Gasteiger partial charge is 0.294 e. The Labute approximate surface area is 158 Å². The molecular weight excluding hydrogens is 354 g/mol. The van der Waals surface area contributed by atoms with Crippen LogP contribution >= 0.6 is 11.6 Å². The van der Waals surface area contributed by atoms with E-state index < -0.39 is 4.92 Å². The monoisotopic (exact) mass is 377 g/mol. The maximum Gasteiger partial charge on any atom is 0.294 e. The van der Waals surface area contributed by atoms with Crippen LogP contribution in [0.3, 0.4) is 0 Å². The number of hydrogen-bond acceptors (Lipinski definition) is 4. The number of hydrogen-bond donors (Lipinski definition) is 0. The van der Waals surface area contributed by atoms with Gasteiger partial charge in [-0.15, -0.1) is 0 Å².